The van der Waals surface area contributed by atoms with Gasteiger partial charge in [-0.15, -0.1) is 0 Å². The van der Waals surface area contributed by atoms with Crippen LogP contribution in [-0.4, -0.2) is 41.2 Å². The van der Waals surface area contributed by atoms with Gasteiger partial charge in [0.15, 0.2) is 6.61 Å². The molecule has 3 amide bonds. The van der Waals surface area contributed by atoms with Crippen molar-refractivity contribution in [3.8, 4) is 0 Å². The van der Waals surface area contributed by atoms with Gasteiger partial charge in [-0.05, 0) is 52.8 Å². The number of hydrogen-bond acceptors (Lipinski definition) is 5. The van der Waals surface area contributed by atoms with E-state index in [-0.39, 0.29) is 23.7 Å². The van der Waals surface area contributed by atoms with E-state index >= 15 is 0 Å². The molecule has 204 valence electrons. The van der Waals surface area contributed by atoms with E-state index in [1.54, 1.807) is 39.0 Å². The molecule has 40 heavy (non-hydrogen) atoms. The summed E-state index contributed by atoms with van der Waals surface area (Å²) in [7, 11) is 0. The van der Waals surface area contributed by atoms with Crippen LogP contribution in [0.5, 0.6) is 0 Å². The number of nitrogens with one attached hydrogen (secondary N) is 1. The van der Waals surface area contributed by atoms with E-state index in [1.807, 2.05) is 48.5 Å². The van der Waals surface area contributed by atoms with Crippen molar-refractivity contribution in [2.75, 3.05) is 11.9 Å². The quantitative estimate of drug-likeness (QED) is 0.339. The normalized spacial score (nSPS) is 23.0. The molecule has 0 spiro atoms. The van der Waals surface area contributed by atoms with E-state index < -0.39 is 42.3 Å². The van der Waals surface area contributed by atoms with Gasteiger partial charge in [0.25, 0.3) is 5.91 Å². The first-order valence-electron chi connectivity index (χ1n) is 13.5. The minimum atomic E-state index is -1.14. The van der Waals surface area contributed by atoms with Gasteiger partial charge in [-0.3, -0.25) is 19.3 Å². The van der Waals surface area contributed by atoms with Gasteiger partial charge in [0, 0.05) is 22.5 Å². The van der Waals surface area contributed by atoms with Crippen LogP contribution >= 0.6 is 11.6 Å². The van der Waals surface area contributed by atoms with Crippen molar-refractivity contribution in [2.24, 2.45) is 17.8 Å². The van der Waals surface area contributed by atoms with Crippen molar-refractivity contribution in [3.63, 3.8) is 0 Å². The monoisotopic (exact) mass is 556 g/mol. The molecule has 1 N–H and O–H groups in total. The van der Waals surface area contributed by atoms with Crippen molar-refractivity contribution in [1.82, 2.24) is 4.90 Å². The maximum Gasteiger partial charge on any atom is 0.330 e. The third-order valence-corrected chi connectivity index (χ3v) is 8.93. The van der Waals surface area contributed by atoms with Gasteiger partial charge in [-0.25, -0.2) is 4.79 Å². The number of likely N-dealkylation sites (tertiary alicyclic amines) is 1. The summed E-state index contributed by atoms with van der Waals surface area (Å²) in [6, 6.07) is 20.0. The second kappa shape index (κ2) is 9.89. The van der Waals surface area contributed by atoms with Gasteiger partial charge in [-0.2, -0.15) is 0 Å². The number of hydrogen-bond donors (Lipinski definition) is 1. The summed E-state index contributed by atoms with van der Waals surface area (Å²) < 4.78 is 5.39. The lowest BCUT2D eigenvalue weighted by Gasteiger charge is -2.45. The zero-order chi connectivity index (χ0) is 28.3. The Bertz CT molecular complexity index is 1450. The molecule has 3 aromatic carbocycles. The standard InChI is InChI=1S/C32H29ClN2O5/c1-16(2)29(32(39)40-15-24(36)34-23-14-8-13-22(33)17(23)3)35-30(37)27-25-18-9-4-5-10-19(18)26(28(27)31(35)38)21-12-7-6-11-20(21)25/h4-14,16,25-29H,15H2,1-3H3,(H,34,36)/t25?,26?,27-,28-,29-/m0/s1. The van der Waals surface area contributed by atoms with Crippen molar-refractivity contribution in [2.45, 2.75) is 38.6 Å². The molecule has 3 aromatic rings. The Balaban J connectivity index is 1.26. The van der Waals surface area contributed by atoms with Crippen LogP contribution in [0.2, 0.25) is 5.02 Å². The van der Waals surface area contributed by atoms with Crippen LogP contribution in [0.3, 0.4) is 0 Å². The minimum absolute atomic E-state index is 0.264. The third kappa shape index (κ3) is 3.94. The Hall–Kier alpha value is -3.97. The number of halogens is 1. The van der Waals surface area contributed by atoms with E-state index in [0.29, 0.717) is 16.3 Å². The number of imide groups is 1. The molecule has 1 saturated heterocycles. The third-order valence-electron chi connectivity index (χ3n) is 8.52. The lowest BCUT2D eigenvalue weighted by atomic mass is 9.55. The predicted octanol–water partition coefficient (Wildman–Crippen LogP) is 5.05. The molecule has 8 heteroatoms. The van der Waals surface area contributed by atoms with Crippen LogP contribution < -0.4 is 5.32 Å². The fourth-order valence-electron chi connectivity index (χ4n) is 6.80. The molecule has 0 saturated carbocycles. The highest BCUT2D eigenvalue weighted by Crippen LogP contribution is 2.61. The minimum Gasteiger partial charge on any atom is -0.454 e. The Morgan fingerprint density at radius 2 is 1.35 bits per heavy atom. The van der Waals surface area contributed by atoms with E-state index in [4.69, 9.17) is 16.3 Å². The molecule has 4 aliphatic rings. The number of anilines is 1. The summed E-state index contributed by atoms with van der Waals surface area (Å²) in [6.07, 6.45) is 0. The number of carbonyl (C=O) groups is 4. The van der Waals surface area contributed by atoms with Gasteiger partial charge in [0.1, 0.15) is 6.04 Å². The average molecular weight is 557 g/mol. The summed E-state index contributed by atoms with van der Waals surface area (Å²) >= 11 is 6.13. The number of nitrogens with zero attached hydrogens (tertiary/aromatic N) is 1. The molecular formula is C32H29ClN2O5. The zero-order valence-electron chi connectivity index (χ0n) is 22.4. The summed E-state index contributed by atoms with van der Waals surface area (Å²) in [5, 5.41) is 3.19. The number of carbonyl (C=O) groups excluding carboxylic acids is 4. The highest BCUT2D eigenvalue weighted by molar-refractivity contribution is 6.31. The van der Waals surface area contributed by atoms with Crippen LogP contribution in [0.15, 0.2) is 66.7 Å². The molecule has 2 bridgehead atoms. The maximum absolute atomic E-state index is 14.1. The number of esters is 1. The molecule has 1 aliphatic heterocycles. The van der Waals surface area contributed by atoms with Crippen molar-refractivity contribution in [1.29, 1.82) is 0 Å². The van der Waals surface area contributed by atoms with Crippen LogP contribution in [0, 0.1) is 24.7 Å². The first kappa shape index (κ1) is 26.3. The molecule has 1 fully saturated rings. The number of benzene rings is 3. The lowest BCUT2D eigenvalue weighted by Crippen LogP contribution is -2.49. The van der Waals surface area contributed by atoms with Crippen LogP contribution in [0.4, 0.5) is 5.69 Å². The highest BCUT2D eigenvalue weighted by atomic mass is 35.5. The predicted molar refractivity (Wildman–Crippen MR) is 150 cm³/mol. The fourth-order valence-corrected chi connectivity index (χ4v) is 6.98. The second-order valence-corrected chi connectivity index (χ2v) is 11.5. The van der Waals surface area contributed by atoms with Crippen molar-refractivity contribution >= 4 is 41.0 Å². The molecule has 1 heterocycles. The zero-order valence-corrected chi connectivity index (χ0v) is 23.1. The summed E-state index contributed by atoms with van der Waals surface area (Å²) in [5.41, 5.74) is 5.45. The number of ether oxygens (including phenoxy) is 1. The molecule has 0 unspecified atom stereocenters. The molecular weight excluding hydrogens is 528 g/mol. The topological polar surface area (TPSA) is 92.8 Å². The first-order valence-corrected chi connectivity index (χ1v) is 13.8. The van der Waals surface area contributed by atoms with Crippen molar-refractivity contribution in [3.05, 3.63) is 99.6 Å². The van der Waals surface area contributed by atoms with E-state index in [1.165, 1.54) is 0 Å². The van der Waals surface area contributed by atoms with E-state index in [0.717, 1.165) is 27.2 Å². The summed E-state index contributed by atoms with van der Waals surface area (Å²) in [6.45, 7) is 4.75. The number of amides is 3. The average Bonchev–Trinajstić information content (AvgIpc) is 3.20. The van der Waals surface area contributed by atoms with E-state index in [9.17, 15) is 19.2 Å². The van der Waals surface area contributed by atoms with Gasteiger partial charge >= 0.3 is 5.97 Å². The lowest BCUT2D eigenvalue weighted by molar-refractivity contribution is -0.162. The SMILES string of the molecule is Cc1c(Cl)cccc1NC(=O)COC(=O)[C@H](C(C)C)N1C(=O)[C@H]2C3c4ccccc4C(c4ccccc43)[C@@H]2C1=O. The fraction of sp³-hybridized carbons (Fsp3) is 0.312. The molecule has 7 rings (SSSR count). The Morgan fingerprint density at radius 3 is 1.82 bits per heavy atom. The molecule has 7 nitrogen and oxygen atoms in total. The van der Waals surface area contributed by atoms with Crippen LogP contribution in [0.25, 0.3) is 0 Å². The molecule has 0 radical (unpaired) electrons. The molecule has 0 aromatic heterocycles. The van der Waals surface area contributed by atoms with Gasteiger partial charge in [0.2, 0.25) is 11.8 Å². The first-order chi connectivity index (χ1) is 19.2. The summed E-state index contributed by atoms with van der Waals surface area (Å²) in [5.74, 6) is -4.17. The Labute approximate surface area is 237 Å². The highest BCUT2D eigenvalue weighted by Gasteiger charge is 2.63. The van der Waals surface area contributed by atoms with Crippen LogP contribution in [-0.2, 0) is 23.9 Å². The van der Waals surface area contributed by atoms with Gasteiger partial charge in [-0.1, -0.05) is 80.0 Å². The van der Waals surface area contributed by atoms with E-state index in [2.05, 4.69) is 5.32 Å². The van der Waals surface area contributed by atoms with Gasteiger partial charge < -0.3 is 10.1 Å². The number of rotatable bonds is 6. The Morgan fingerprint density at radius 1 is 0.850 bits per heavy atom. The maximum atomic E-state index is 14.1. The van der Waals surface area contributed by atoms with Crippen molar-refractivity contribution < 1.29 is 23.9 Å². The largest absolute Gasteiger partial charge is 0.454 e. The molecule has 3 atom stereocenters. The Kier molecular flexibility index (Phi) is 6.50. The second-order valence-electron chi connectivity index (χ2n) is 11.1. The summed E-state index contributed by atoms with van der Waals surface area (Å²) in [4.78, 5) is 55.2. The van der Waals surface area contributed by atoms with Gasteiger partial charge in [0.05, 0.1) is 11.8 Å². The molecule has 3 aliphatic carbocycles. The van der Waals surface area contributed by atoms with Crippen LogP contribution in [0.1, 0.15) is 53.5 Å². The smallest absolute Gasteiger partial charge is 0.330 e.